The van der Waals surface area contributed by atoms with Crippen LogP contribution in [-0.2, 0) is 14.8 Å². The summed E-state index contributed by atoms with van der Waals surface area (Å²) in [7, 11) is -3.46. The summed E-state index contributed by atoms with van der Waals surface area (Å²) in [6.07, 6.45) is 1.92. The smallest absolute Gasteiger partial charge is 0.241 e. The molecule has 0 saturated carbocycles. The van der Waals surface area contributed by atoms with Crippen LogP contribution < -0.4 is 4.72 Å². The summed E-state index contributed by atoms with van der Waals surface area (Å²) in [5.74, 6) is 0. The molecule has 1 saturated heterocycles. The van der Waals surface area contributed by atoms with Crippen LogP contribution in [0.1, 0.15) is 12.8 Å². The van der Waals surface area contributed by atoms with Gasteiger partial charge in [-0.25, -0.2) is 13.1 Å². The maximum Gasteiger partial charge on any atom is 0.241 e. The molecule has 0 bridgehead atoms. The van der Waals surface area contributed by atoms with Crippen molar-refractivity contribution >= 4 is 26.0 Å². The Morgan fingerprint density at radius 2 is 2.18 bits per heavy atom. The first kappa shape index (κ1) is 13.0. The highest BCUT2D eigenvalue weighted by Crippen LogP contribution is 2.21. The largest absolute Gasteiger partial charge is 0.377 e. The van der Waals surface area contributed by atoms with Crippen LogP contribution in [0.3, 0.4) is 0 Å². The number of rotatable bonds is 4. The summed E-state index contributed by atoms with van der Waals surface area (Å²) < 4.78 is 32.5. The molecule has 94 valence electrons. The number of ether oxygens (including phenoxy) is 1. The molecule has 6 heteroatoms. The fraction of sp³-hybridized carbons (Fsp3) is 0.455. The van der Waals surface area contributed by atoms with Crippen molar-refractivity contribution in [3.63, 3.8) is 0 Å². The van der Waals surface area contributed by atoms with Crippen LogP contribution in [0.5, 0.6) is 0 Å². The van der Waals surface area contributed by atoms with Gasteiger partial charge in [-0.15, -0.1) is 0 Å². The zero-order chi connectivity index (χ0) is 12.3. The van der Waals surface area contributed by atoms with Gasteiger partial charge < -0.3 is 4.74 Å². The second kappa shape index (κ2) is 5.48. The molecule has 0 radical (unpaired) electrons. The van der Waals surface area contributed by atoms with Crippen LogP contribution in [0, 0.1) is 0 Å². The molecule has 0 aliphatic carbocycles. The average Bonchev–Trinajstić information content (AvgIpc) is 2.80. The molecule has 2 rings (SSSR count). The highest BCUT2D eigenvalue weighted by molar-refractivity contribution is 9.10. The first-order valence-corrected chi connectivity index (χ1v) is 7.73. The second-order valence-electron chi connectivity index (χ2n) is 3.92. The van der Waals surface area contributed by atoms with Crippen molar-refractivity contribution in [3.05, 3.63) is 28.7 Å². The Morgan fingerprint density at radius 3 is 2.82 bits per heavy atom. The van der Waals surface area contributed by atoms with Crippen molar-refractivity contribution in [3.8, 4) is 0 Å². The molecule has 1 atom stereocenters. The van der Waals surface area contributed by atoms with Gasteiger partial charge in [0.15, 0.2) is 0 Å². The summed E-state index contributed by atoms with van der Waals surface area (Å²) in [5.41, 5.74) is 0. The first-order chi connectivity index (χ1) is 8.09. The van der Waals surface area contributed by atoms with E-state index in [4.69, 9.17) is 4.74 Å². The van der Waals surface area contributed by atoms with Gasteiger partial charge in [0.2, 0.25) is 10.0 Å². The topological polar surface area (TPSA) is 55.4 Å². The van der Waals surface area contributed by atoms with Crippen molar-refractivity contribution in [2.24, 2.45) is 0 Å². The third-order valence-corrected chi connectivity index (χ3v) is 5.09. The number of benzene rings is 1. The summed E-state index contributed by atoms with van der Waals surface area (Å²) >= 11 is 3.24. The van der Waals surface area contributed by atoms with E-state index in [1.54, 1.807) is 24.3 Å². The van der Waals surface area contributed by atoms with Crippen LogP contribution in [0.15, 0.2) is 33.6 Å². The van der Waals surface area contributed by atoms with Gasteiger partial charge in [0.25, 0.3) is 0 Å². The molecule has 1 N–H and O–H groups in total. The van der Waals surface area contributed by atoms with E-state index in [1.807, 2.05) is 0 Å². The number of halogens is 1. The molecule has 0 spiro atoms. The fourth-order valence-corrected chi connectivity index (χ4v) is 3.82. The van der Waals surface area contributed by atoms with Crippen LogP contribution >= 0.6 is 15.9 Å². The Hall–Kier alpha value is -0.430. The van der Waals surface area contributed by atoms with Crippen molar-refractivity contribution in [1.82, 2.24) is 4.72 Å². The maximum atomic E-state index is 12.0. The van der Waals surface area contributed by atoms with Crippen LogP contribution in [0.25, 0.3) is 0 Å². The molecule has 0 aromatic heterocycles. The van der Waals surface area contributed by atoms with E-state index in [2.05, 4.69) is 20.7 Å². The summed E-state index contributed by atoms with van der Waals surface area (Å²) in [6.45, 7) is 1.06. The molecule has 1 aromatic carbocycles. The molecule has 1 aliphatic rings. The van der Waals surface area contributed by atoms with Gasteiger partial charge in [0, 0.05) is 17.6 Å². The fourth-order valence-electron chi connectivity index (χ4n) is 1.75. The van der Waals surface area contributed by atoms with Crippen molar-refractivity contribution < 1.29 is 13.2 Å². The molecule has 0 amide bonds. The van der Waals surface area contributed by atoms with E-state index in [1.165, 1.54) is 0 Å². The predicted molar refractivity (Wildman–Crippen MR) is 68.3 cm³/mol. The molecule has 17 heavy (non-hydrogen) atoms. The lowest BCUT2D eigenvalue weighted by molar-refractivity contribution is 0.114. The van der Waals surface area contributed by atoms with Crippen LogP contribution in [0.4, 0.5) is 0 Å². The molecule has 1 fully saturated rings. The van der Waals surface area contributed by atoms with E-state index >= 15 is 0 Å². The minimum absolute atomic E-state index is 0.00672. The van der Waals surface area contributed by atoms with Crippen LogP contribution in [-0.4, -0.2) is 27.7 Å². The molecule has 1 heterocycles. The van der Waals surface area contributed by atoms with Crippen LogP contribution in [0.2, 0.25) is 0 Å². The van der Waals surface area contributed by atoms with Gasteiger partial charge in [-0.1, -0.05) is 12.1 Å². The van der Waals surface area contributed by atoms with E-state index < -0.39 is 10.0 Å². The van der Waals surface area contributed by atoms with Crippen molar-refractivity contribution in [2.75, 3.05) is 13.2 Å². The van der Waals surface area contributed by atoms with Gasteiger partial charge in [-0.05, 0) is 40.9 Å². The average molecular weight is 320 g/mol. The van der Waals surface area contributed by atoms with Gasteiger partial charge in [-0.3, -0.25) is 0 Å². The highest BCUT2D eigenvalue weighted by Gasteiger charge is 2.21. The van der Waals surface area contributed by atoms with E-state index in [-0.39, 0.29) is 11.0 Å². The van der Waals surface area contributed by atoms with E-state index in [9.17, 15) is 8.42 Å². The molecule has 1 aliphatic heterocycles. The second-order valence-corrected chi connectivity index (χ2v) is 6.51. The minimum atomic E-state index is -3.46. The Morgan fingerprint density at radius 1 is 1.41 bits per heavy atom. The first-order valence-electron chi connectivity index (χ1n) is 5.45. The van der Waals surface area contributed by atoms with Gasteiger partial charge >= 0.3 is 0 Å². The van der Waals surface area contributed by atoms with E-state index in [0.29, 0.717) is 11.0 Å². The van der Waals surface area contributed by atoms with Gasteiger partial charge in [0.1, 0.15) is 0 Å². The zero-order valence-electron chi connectivity index (χ0n) is 9.23. The Labute approximate surface area is 110 Å². The third kappa shape index (κ3) is 3.28. The van der Waals surface area contributed by atoms with Crippen molar-refractivity contribution in [1.29, 1.82) is 0 Å². The molecular formula is C11H14BrNO3S. The van der Waals surface area contributed by atoms with E-state index in [0.717, 1.165) is 19.4 Å². The lowest BCUT2D eigenvalue weighted by atomic mass is 10.2. The summed E-state index contributed by atoms with van der Waals surface area (Å²) in [5, 5.41) is 0. The monoisotopic (exact) mass is 319 g/mol. The van der Waals surface area contributed by atoms with Crippen molar-refractivity contribution in [2.45, 2.75) is 23.8 Å². The lowest BCUT2D eigenvalue weighted by Gasteiger charge is -2.12. The molecule has 4 nitrogen and oxygen atoms in total. The standard InChI is InChI=1S/C11H14BrNO3S/c12-10-5-1-2-6-11(10)17(14,15)13-8-9-4-3-7-16-9/h1-2,5-6,9,13H,3-4,7-8H2/t9-/m1/s1. The third-order valence-electron chi connectivity index (χ3n) is 2.65. The highest BCUT2D eigenvalue weighted by atomic mass is 79.9. The molecule has 0 unspecified atom stereocenters. The van der Waals surface area contributed by atoms with Gasteiger partial charge in [-0.2, -0.15) is 0 Å². The Bertz CT molecular complexity index is 483. The normalized spacial score (nSPS) is 20.6. The number of hydrogen-bond acceptors (Lipinski definition) is 3. The predicted octanol–water partition coefficient (Wildman–Crippen LogP) is 1.91. The summed E-state index contributed by atoms with van der Waals surface area (Å²) in [4.78, 5) is 0.262. The lowest BCUT2D eigenvalue weighted by Crippen LogP contribution is -2.32. The number of hydrogen-bond donors (Lipinski definition) is 1. The minimum Gasteiger partial charge on any atom is -0.377 e. The summed E-state index contributed by atoms with van der Waals surface area (Å²) in [6, 6.07) is 6.76. The maximum absolute atomic E-state index is 12.0. The number of nitrogens with one attached hydrogen (secondary N) is 1. The SMILES string of the molecule is O=S(=O)(NC[C@H]1CCCO1)c1ccccc1Br. The molecular weight excluding hydrogens is 306 g/mol. The Kier molecular flexibility index (Phi) is 4.19. The zero-order valence-corrected chi connectivity index (χ0v) is 11.6. The number of sulfonamides is 1. The molecule has 1 aromatic rings. The van der Waals surface area contributed by atoms with Gasteiger partial charge in [0.05, 0.1) is 11.0 Å². The Balaban J connectivity index is 2.06. The quantitative estimate of drug-likeness (QED) is 0.922.